The SMILES string of the molecule is CN1CCC[C@H]1C(=O)Nc1cccnc1. The molecule has 0 radical (unpaired) electrons. The van der Waals surface area contributed by atoms with E-state index < -0.39 is 0 Å². The summed E-state index contributed by atoms with van der Waals surface area (Å²) in [5, 5.41) is 2.87. The monoisotopic (exact) mass is 205 g/mol. The molecule has 0 saturated carbocycles. The molecule has 4 heteroatoms. The van der Waals surface area contributed by atoms with Gasteiger partial charge in [-0.1, -0.05) is 0 Å². The van der Waals surface area contributed by atoms with Crippen LogP contribution in [0.2, 0.25) is 0 Å². The second-order valence-corrected chi connectivity index (χ2v) is 3.87. The number of nitrogens with zero attached hydrogens (tertiary/aromatic N) is 2. The molecule has 1 N–H and O–H groups in total. The maximum absolute atomic E-state index is 11.8. The number of amides is 1. The molecule has 1 aliphatic rings. The van der Waals surface area contributed by atoms with Crippen molar-refractivity contribution in [3.63, 3.8) is 0 Å². The van der Waals surface area contributed by atoms with Crippen molar-refractivity contribution >= 4 is 11.6 Å². The Bertz CT molecular complexity index is 339. The van der Waals surface area contributed by atoms with E-state index in [0.717, 1.165) is 25.1 Å². The van der Waals surface area contributed by atoms with E-state index in [1.54, 1.807) is 12.4 Å². The predicted octanol–water partition coefficient (Wildman–Crippen LogP) is 1.11. The molecule has 0 unspecified atom stereocenters. The number of hydrogen-bond acceptors (Lipinski definition) is 3. The van der Waals surface area contributed by atoms with Crippen LogP contribution in [0.4, 0.5) is 5.69 Å². The second-order valence-electron chi connectivity index (χ2n) is 3.87. The largest absolute Gasteiger partial charge is 0.323 e. The summed E-state index contributed by atoms with van der Waals surface area (Å²) in [7, 11) is 1.99. The molecule has 80 valence electrons. The van der Waals surface area contributed by atoms with Gasteiger partial charge in [0.1, 0.15) is 0 Å². The van der Waals surface area contributed by atoms with Crippen molar-refractivity contribution in [3.05, 3.63) is 24.5 Å². The molecule has 15 heavy (non-hydrogen) atoms. The highest BCUT2D eigenvalue weighted by atomic mass is 16.2. The summed E-state index contributed by atoms with van der Waals surface area (Å²) in [6, 6.07) is 3.68. The first-order valence-electron chi connectivity index (χ1n) is 5.18. The molecule has 0 spiro atoms. The van der Waals surface area contributed by atoms with E-state index in [1.165, 1.54) is 0 Å². The lowest BCUT2D eigenvalue weighted by Gasteiger charge is -2.18. The molecule has 1 saturated heterocycles. The van der Waals surface area contributed by atoms with Gasteiger partial charge in [0.2, 0.25) is 5.91 Å². The number of rotatable bonds is 2. The molecule has 0 aliphatic carbocycles. The zero-order valence-corrected chi connectivity index (χ0v) is 8.81. The molecule has 1 aliphatic heterocycles. The first-order valence-corrected chi connectivity index (χ1v) is 5.18. The fraction of sp³-hybridized carbons (Fsp3) is 0.455. The van der Waals surface area contributed by atoms with Gasteiger partial charge < -0.3 is 5.32 Å². The van der Waals surface area contributed by atoms with Crippen LogP contribution in [0, 0.1) is 0 Å². The molecule has 1 aromatic heterocycles. The van der Waals surface area contributed by atoms with Crippen LogP contribution >= 0.6 is 0 Å². The number of likely N-dealkylation sites (N-methyl/N-ethyl adjacent to an activating group) is 1. The Morgan fingerprint density at radius 1 is 1.67 bits per heavy atom. The standard InChI is InChI=1S/C11H15N3O/c1-14-7-3-5-10(14)11(15)13-9-4-2-6-12-8-9/h2,4,6,8,10H,3,5,7H2,1H3,(H,13,15)/t10-/m0/s1. The Labute approximate surface area is 89.3 Å². The minimum Gasteiger partial charge on any atom is -0.323 e. The van der Waals surface area contributed by atoms with Crippen LogP contribution in [0.25, 0.3) is 0 Å². The van der Waals surface area contributed by atoms with E-state index in [1.807, 2.05) is 19.2 Å². The Hall–Kier alpha value is -1.42. The summed E-state index contributed by atoms with van der Waals surface area (Å²) in [5.41, 5.74) is 0.766. The third kappa shape index (κ3) is 2.33. The van der Waals surface area contributed by atoms with E-state index in [9.17, 15) is 4.79 Å². The van der Waals surface area contributed by atoms with Gasteiger partial charge in [-0.25, -0.2) is 0 Å². The average Bonchev–Trinajstić information content (AvgIpc) is 2.66. The van der Waals surface area contributed by atoms with Gasteiger partial charge in [0, 0.05) is 6.20 Å². The van der Waals surface area contributed by atoms with E-state index >= 15 is 0 Å². The number of carbonyl (C=O) groups is 1. The fourth-order valence-electron chi connectivity index (χ4n) is 1.90. The maximum atomic E-state index is 11.8. The number of nitrogens with one attached hydrogen (secondary N) is 1. The lowest BCUT2D eigenvalue weighted by atomic mass is 10.2. The number of carbonyl (C=O) groups excluding carboxylic acids is 1. The third-order valence-electron chi connectivity index (χ3n) is 2.75. The van der Waals surface area contributed by atoms with E-state index in [4.69, 9.17) is 0 Å². The predicted molar refractivity (Wildman–Crippen MR) is 58.5 cm³/mol. The summed E-state index contributed by atoms with van der Waals surface area (Å²) in [6.07, 6.45) is 5.40. The van der Waals surface area contributed by atoms with Crippen molar-refractivity contribution in [2.75, 3.05) is 18.9 Å². The van der Waals surface area contributed by atoms with Crippen molar-refractivity contribution in [2.45, 2.75) is 18.9 Å². The van der Waals surface area contributed by atoms with Crippen LogP contribution in [-0.4, -0.2) is 35.4 Å². The number of aromatic nitrogens is 1. The first-order chi connectivity index (χ1) is 7.27. The normalized spacial score (nSPS) is 21.5. The minimum absolute atomic E-state index is 0.0187. The Morgan fingerprint density at radius 2 is 2.53 bits per heavy atom. The zero-order chi connectivity index (χ0) is 10.7. The summed E-state index contributed by atoms with van der Waals surface area (Å²) in [5.74, 6) is 0.0722. The quantitative estimate of drug-likeness (QED) is 0.786. The van der Waals surface area contributed by atoms with Gasteiger partial charge in [-0.15, -0.1) is 0 Å². The van der Waals surface area contributed by atoms with Gasteiger partial charge in [0.15, 0.2) is 0 Å². The molecule has 0 bridgehead atoms. The third-order valence-corrected chi connectivity index (χ3v) is 2.75. The molecule has 0 aromatic carbocycles. The number of pyridine rings is 1. The van der Waals surface area contributed by atoms with Crippen LogP contribution in [0.15, 0.2) is 24.5 Å². The van der Waals surface area contributed by atoms with Crippen molar-refractivity contribution in [2.24, 2.45) is 0 Å². The number of likely N-dealkylation sites (tertiary alicyclic amines) is 1. The van der Waals surface area contributed by atoms with Crippen LogP contribution in [-0.2, 0) is 4.79 Å². The average molecular weight is 205 g/mol. The molecule has 1 fully saturated rings. The lowest BCUT2D eigenvalue weighted by molar-refractivity contribution is -0.119. The summed E-state index contributed by atoms with van der Waals surface area (Å²) in [6.45, 7) is 1.01. The van der Waals surface area contributed by atoms with Gasteiger partial charge >= 0.3 is 0 Å². The molecular weight excluding hydrogens is 190 g/mol. The van der Waals surface area contributed by atoms with Crippen LogP contribution in [0.5, 0.6) is 0 Å². The Kier molecular flexibility index (Phi) is 2.97. The molecule has 1 aromatic rings. The van der Waals surface area contributed by atoms with Crippen LogP contribution < -0.4 is 5.32 Å². The fourth-order valence-corrected chi connectivity index (χ4v) is 1.90. The molecule has 2 heterocycles. The van der Waals surface area contributed by atoms with Crippen LogP contribution in [0.3, 0.4) is 0 Å². The van der Waals surface area contributed by atoms with Crippen molar-refractivity contribution in [3.8, 4) is 0 Å². The van der Waals surface area contributed by atoms with Gasteiger partial charge in [0.25, 0.3) is 0 Å². The Morgan fingerprint density at radius 3 is 3.13 bits per heavy atom. The molecule has 1 atom stereocenters. The highest BCUT2D eigenvalue weighted by Gasteiger charge is 2.27. The van der Waals surface area contributed by atoms with E-state index in [0.29, 0.717) is 0 Å². The van der Waals surface area contributed by atoms with Gasteiger partial charge in [-0.3, -0.25) is 14.7 Å². The maximum Gasteiger partial charge on any atom is 0.241 e. The summed E-state index contributed by atoms with van der Waals surface area (Å²) >= 11 is 0. The Balaban J connectivity index is 1.98. The lowest BCUT2D eigenvalue weighted by Crippen LogP contribution is -2.37. The van der Waals surface area contributed by atoms with Gasteiger partial charge in [0.05, 0.1) is 17.9 Å². The first kappa shape index (κ1) is 10.1. The smallest absolute Gasteiger partial charge is 0.241 e. The van der Waals surface area contributed by atoms with Crippen LogP contribution in [0.1, 0.15) is 12.8 Å². The minimum atomic E-state index is 0.0187. The van der Waals surface area contributed by atoms with Gasteiger partial charge in [-0.2, -0.15) is 0 Å². The highest BCUT2D eigenvalue weighted by molar-refractivity contribution is 5.94. The zero-order valence-electron chi connectivity index (χ0n) is 8.81. The molecule has 4 nitrogen and oxygen atoms in total. The van der Waals surface area contributed by atoms with Crippen molar-refractivity contribution in [1.82, 2.24) is 9.88 Å². The number of hydrogen-bond donors (Lipinski definition) is 1. The molecule has 1 amide bonds. The number of anilines is 1. The molecule has 2 rings (SSSR count). The second kappa shape index (κ2) is 4.40. The van der Waals surface area contributed by atoms with Crippen molar-refractivity contribution in [1.29, 1.82) is 0 Å². The van der Waals surface area contributed by atoms with Crippen molar-refractivity contribution < 1.29 is 4.79 Å². The van der Waals surface area contributed by atoms with E-state index in [-0.39, 0.29) is 11.9 Å². The highest BCUT2D eigenvalue weighted by Crippen LogP contribution is 2.16. The molecular formula is C11H15N3O. The van der Waals surface area contributed by atoms with Gasteiger partial charge in [-0.05, 0) is 38.6 Å². The summed E-state index contributed by atoms with van der Waals surface area (Å²) < 4.78 is 0. The topological polar surface area (TPSA) is 45.2 Å². The summed E-state index contributed by atoms with van der Waals surface area (Å²) in [4.78, 5) is 17.9. The van der Waals surface area contributed by atoms with E-state index in [2.05, 4.69) is 15.2 Å².